The minimum absolute atomic E-state index is 0.719. The van der Waals surface area contributed by atoms with Crippen molar-refractivity contribution < 1.29 is 0 Å². The summed E-state index contributed by atoms with van der Waals surface area (Å²) >= 11 is 6.32. The van der Waals surface area contributed by atoms with Crippen molar-refractivity contribution in [2.24, 2.45) is 5.10 Å². The van der Waals surface area contributed by atoms with E-state index in [9.17, 15) is 0 Å². The van der Waals surface area contributed by atoms with Crippen LogP contribution in [0.2, 0.25) is 5.02 Å². The van der Waals surface area contributed by atoms with E-state index in [1.165, 1.54) is 70.6 Å². The van der Waals surface area contributed by atoms with Gasteiger partial charge in [0.15, 0.2) is 0 Å². The highest BCUT2D eigenvalue weighted by Crippen LogP contribution is 2.27. The molecule has 2 rings (SSSR count). The number of amidine groups is 1. The first-order valence-corrected chi connectivity index (χ1v) is 10.5. The van der Waals surface area contributed by atoms with E-state index in [0.717, 1.165) is 29.6 Å². The van der Waals surface area contributed by atoms with Crippen LogP contribution in [0.3, 0.4) is 0 Å². The Balaban J connectivity index is 1.54. The van der Waals surface area contributed by atoms with Gasteiger partial charge in [0.05, 0.1) is 10.7 Å². The second kappa shape index (κ2) is 12.2. The predicted octanol–water partition coefficient (Wildman–Crippen LogP) is 6.72. The van der Waals surface area contributed by atoms with Crippen molar-refractivity contribution in [1.29, 1.82) is 0 Å². The van der Waals surface area contributed by atoms with Gasteiger partial charge in [-0.3, -0.25) is 5.43 Å². The Kier molecular flexibility index (Phi) is 9.79. The van der Waals surface area contributed by atoms with Crippen LogP contribution < -0.4 is 10.3 Å². The number of halogens is 1. The third-order valence-electron chi connectivity index (χ3n) is 4.90. The Morgan fingerprint density at radius 2 is 1.52 bits per heavy atom. The summed E-state index contributed by atoms with van der Waals surface area (Å²) in [6, 6.07) is 8.00. The van der Waals surface area contributed by atoms with Crippen LogP contribution in [0, 0.1) is 0 Å². The molecule has 1 N–H and O–H groups in total. The van der Waals surface area contributed by atoms with Gasteiger partial charge >= 0.3 is 0 Å². The number of nitrogens with one attached hydrogen (secondary N) is 1. The van der Waals surface area contributed by atoms with Gasteiger partial charge in [0.25, 0.3) is 0 Å². The lowest BCUT2D eigenvalue weighted by Gasteiger charge is -2.20. The van der Waals surface area contributed by atoms with Crippen molar-refractivity contribution in [1.82, 2.24) is 5.43 Å². The molecule has 4 heteroatoms. The summed E-state index contributed by atoms with van der Waals surface area (Å²) in [5, 5.41) is 5.24. The molecule has 25 heavy (non-hydrogen) atoms. The molecule has 1 aliphatic rings. The summed E-state index contributed by atoms with van der Waals surface area (Å²) in [4.78, 5) is 2.19. The third-order valence-corrected chi connectivity index (χ3v) is 5.22. The molecule has 0 atom stereocenters. The Bertz CT molecular complexity index is 516. The Morgan fingerprint density at radius 3 is 2.16 bits per heavy atom. The standard InChI is InChI=1S/C21H34ClN3/c1-2-3-4-5-6-7-8-9-10-11-12-17-21-24-23-18-25(21)20-16-14-13-15-19(20)22/h13-16,23H,2-12,17-18H2,1H3. The number of anilines is 1. The fourth-order valence-corrected chi connectivity index (χ4v) is 3.62. The van der Waals surface area contributed by atoms with Crippen LogP contribution in [-0.2, 0) is 0 Å². The van der Waals surface area contributed by atoms with Crippen LogP contribution in [-0.4, -0.2) is 12.5 Å². The lowest BCUT2D eigenvalue weighted by atomic mass is 10.0. The average Bonchev–Trinajstić information content (AvgIpc) is 3.08. The average molecular weight is 364 g/mol. The van der Waals surface area contributed by atoms with Crippen LogP contribution in [0.4, 0.5) is 5.69 Å². The Labute approximate surface area is 158 Å². The van der Waals surface area contributed by atoms with E-state index >= 15 is 0 Å². The molecule has 0 spiro atoms. The second-order valence-corrected chi connectivity index (χ2v) is 7.42. The lowest BCUT2D eigenvalue weighted by Crippen LogP contribution is -2.29. The van der Waals surface area contributed by atoms with Gasteiger partial charge in [0.1, 0.15) is 12.5 Å². The zero-order valence-electron chi connectivity index (χ0n) is 15.8. The van der Waals surface area contributed by atoms with Gasteiger partial charge in [-0.25, -0.2) is 0 Å². The molecule has 1 aromatic carbocycles. The molecular formula is C21H34ClN3. The number of unbranched alkanes of at least 4 members (excludes halogenated alkanes) is 10. The minimum atomic E-state index is 0.719. The largest absolute Gasteiger partial charge is 0.307 e. The topological polar surface area (TPSA) is 27.6 Å². The highest BCUT2D eigenvalue weighted by Gasteiger charge is 2.19. The van der Waals surface area contributed by atoms with E-state index < -0.39 is 0 Å². The van der Waals surface area contributed by atoms with E-state index in [0.29, 0.717) is 0 Å². The van der Waals surface area contributed by atoms with Crippen molar-refractivity contribution in [3.63, 3.8) is 0 Å². The SMILES string of the molecule is CCCCCCCCCCCCCC1=NNCN1c1ccccc1Cl. The van der Waals surface area contributed by atoms with Crippen molar-refractivity contribution in [2.75, 3.05) is 11.6 Å². The van der Waals surface area contributed by atoms with Crippen LogP contribution in [0.1, 0.15) is 84.0 Å². The van der Waals surface area contributed by atoms with Crippen molar-refractivity contribution >= 4 is 23.1 Å². The third kappa shape index (κ3) is 7.27. The molecule has 1 heterocycles. The summed E-state index contributed by atoms with van der Waals surface area (Å²) in [5.74, 6) is 1.11. The first kappa shape index (κ1) is 20.1. The Morgan fingerprint density at radius 1 is 0.920 bits per heavy atom. The van der Waals surface area contributed by atoms with E-state index in [-0.39, 0.29) is 0 Å². The zero-order valence-corrected chi connectivity index (χ0v) is 16.5. The van der Waals surface area contributed by atoms with Crippen LogP contribution >= 0.6 is 11.6 Å². The quantitative estimate of drug-likeness (QED) is 0.394. The first-order chi connectivity index (χ1) is 12.3. The summed E-state index contributed by atoms with van der Waals surface area (Å²) in [6.07, 6.45) is 16.1. The van der Waals surface area contributed by atoms with Gasteiger partial charge in [-0.05, 0) is 18.6 Å². The smallest absolute Gasteiger partial charge is 0.130 e. The van der Waals surface area contributed by atoms with Crippen LogP contribution in [0.25, 0.3) is 0 Å². The number of nitrogens with zero attached hydrogens (tertiary/aromatic N) is 2. The summed E-state index contributed by atoms with van der Waals surface area (Å²) in [5.41, 5.74) is 4.14. The van der Waals surface area contributed by atoms with Gasteiger partial charge in [0.2, 0.25) is 0 Å². The predicted molar refractivity (Wildman–Crippen MR) is 110 cm³/mol. The van der Waals surface area contributed by atoms with E-state index in [1.807, 2.05) is 18.2 Å². The first-order valence-electron chi connectivity index (χ1n) is 10.1. The van der Waals surface area contributed by atoms with Gasteiger partial charge < -0.3 is 4.90 Å². The van der Waals surface area contributed by atoms with Crippen LogP contribution in [0.5, 0.6) is 0 Å². The summed E-state index contributed by atoms with van der Waals surface area (Å²) in [7, 11) is 0. The molecule has 3 nitrogen and oxygen atoms in total. The number of hydrazone groups is 1. The molecule has 0 fully saturated rings. The monoisotopic (exact) mass is 363 g/mol. The van der Waals surface area contributed by atoms with Crippen molar-refractivity contribution in [3.8, 4) is 0 Å². The highest BCUT2D eigenvalue weighted by atomic mass is 35.5. The van der Waals surface area contributed by atoms with Crippen molar-refractivity contribution in [2.45, 2.75) is 84.0 Å². The number of hydrogen-bond acceptors (Lipinski definition) is 3. The number of hydrogen-bond donors (Lipinski definition) is 1. The van der Waals surface area contributed by atoms with Gasteiger partial charge in [-0.1, -0.05) is 94.9 Å². The van der Waals surface area contributed by atoms with E-state index in [1.54, 1.807) is 0 Å². The second-order valence-electron chi connectivity index (χ2n) is 7.01. The minimum Gasteiger partial charge on any atom is -0.307 e. The van der Waals surface area contributed by atoms with Gasteiger partial charge in [-0.2, -0.15) is 5.10 Å². The normalized spacial score (nSPS) is 13.8. The van der Waals surface area contributed by atoms with E-state index in [4.69, 9.17) is 11.6 Å². The molecule has 0 aliphatic carbocycles. The van der Waals surface area contributed by atoms with Gasteiger partial charge in [-0.15, -0.1) is 0 Å². The zero-order chi connectivity index (χ0) is 17.7. The molecule has 0 unspecified atom stereocenters. The fourth-order valence-electron chi connectivity index (χ4n) is 3.38. The van der Waals surface area contributed by atoms with Gasteiger partial charge in [0, 0.05) is 6.42 Å². The molecule has 0 bridgehead atoms. The fraction of sp³-hybridized carbons (Fsp3) is 0.667. The maximum Gasteiger partial charge on any atom is 0.130 e. The number of rotatable bonds is 13. The lowest BCUT2D eigenvalue weighted by molar-refractivity contribution is 0.551. The molecule has 0 saturated heterocycles. The molecule has 140 valence electrons. The maximum absolute atomic E-state index is 6.32. The molecule has 0 aromatic heterocycles. The maximum atomic E-state index is 6.32. The van der Waals surface area contributed by atoms with E-state index in [2.05, 4.69) is 28.4 Å². The molecule has 1 aliphatic heterocycles. The number of benzene rings is 1. The highest BCUT2D eigenvalue weighted by molar-refractivity contribution is 6.33. The molecule has 0 radical (unpaired) electrons. The molecular weight excluding hydrogens is 330 g/mol. The van der Waals surface area contributed by atoms with Crippen molar-refractivity contribution in [3.05, 3.63) is 29.3 Å². The molecule has 1 aromatic rings. The summed E-state index contributed by atoms with van der Waals surface area (Å²) < 4.78 is 0. The molecule has 0 amide bonds. The molecule has 0 saturated carbocycles. The number of para-hydroxylation sites is 1. The Hall–Kier alpha value is -1.22. The summed E-state index contributed by atoms with van der Waals surface area (Å²) in [6.45, 7) is 3.00. The van der Waals surface area contributed by atoms with Crippen LogP contribution in [0.15, 0.2) is 29.4 Å².